The lowest BCUT2D eigenvalue weighted by atomic mass is 9.81. The molecule has 0 unspecified atom stereocenters. The molecule has 17 heavy (non-hydrogen) atoms. The Hall–Kier alpha value is -1.06. The van der Waals surface area contributed by atoms with Crippen LogP contribution in [0.15, 0.2) is 12.1 Å². The molecule has 3 heteroatoms. The molecular formula is C14H23NO2. The van der Waals surface area contributed by atoms with Crippen molar-refractivity contribution in [3.05, 3.63) is 28.8 Å². The Bertz CT molecular complexity index is 397. The smallest absolute Gasteiger partial charge is 0.120 e. The first-order valence-electron chi connectivity index (χ1n) is 5.87. The van der Waals surface area contributed by atoms with Crippen LogP contribution >= 0.6 is 0 Å². The summed E-state index contributed by atoms with van der Waals surface area (Å²) in [5, 5.41) is 19.4. The van der Waals surface area contributed by atoms with Gasteiger partial charge in [-0.2, -0.15) is 0 Å². The van der Waals surface area contributed by atoms with Crippen LogP contribution in [-0.2, 0) is 12.0 Å². The summed E-state index contributed by atoms with van der Waals surface area (Å²) < 4.78 is 0. The average molecular weight is 237 g/mol. The Labute approximate surface area is 104 Å². The Morgan fingerprint density at radius 3 is 2.29 bits per heavy atom. The van der Waals surface area contributed by atoms with Gasteiger partial charge >= 0.3 is 0 Å². The monoisotopic (exact) mass is 237 g/mol. The van der Waals surface area contributed by atoms with Crippen LogP contribution in [0.4, 0.5) is 0 Å². The Kier molecular flexibility index (Phi) is 4.17. The molecular weight excluding hydrogens is 214 g/mol. The lowest BCUT2D eigenvalue weighted by Gasteiger charge is -2.27. The van der Waals surface area contributed by atoms with E-state index in [1.165, 1.54) is 0 Å². The van der Waals surface area contributed by atoms with E-state index < -0.39 is 0 Å². The van der Waals surface area contributed by atoms with Gasteiger partial charge in [-0.1, -0.05) is 19.9 Å². The number of phenols is 1. The SMILES string of the molecule is Cc1c(C(C)(C)CO)ccc(O)c1CN(C)C. The maximum absolute atomic E-state index is 9.91. The van der Waals surface area contributed by atoms with Crippen LogP contribution in [-0.4, -0.2) is 35.8 Å². The summed E-state index contributed by atoms with van der Waals surface area (Å²) in [4.78, 5) is 2.03. The van der Waals surface area contributed by atoms with Crippen molar-refractivity contribution < 1.29 is 10.2 Å². The second kappa shape index (κ2) is 5.07. The summed E-state index contributed by atoms with van der Waals surface area (Å²) in [6.07, 6.45) is 0. The fourth-order valence-electron chi connectivity index (χ4n) is 2.08. The minimum atomic E-state index is -0.279. The highest BCUT2D eigenvalue weighted by Gasteiger charge is 2.23. The van der Waals surface area contributed by atoms with Crippen LogP contribution in [0.2, 0.25) is 0 Å². The number of aliphatic hydroxyl groups excluding tert-OH is 1. The van der Waals surface area contributed by atoms with Crippen molar-refractivity contribution in [3.63, 3.8) is 0 Å². The van der Waals surface area contributed by atoms with E-state index in [1.54, 1.807) is 6.07 Å². The zero-order valence-electron chi connectivity index (χ0n) is 11.4. The average Bonchev–Trinajstić information content (AvgIpc) is 2.23. The van der Waals surface area contributed by atoms with Gasteiger partial charge in [0.1, 0.15) is 5.75 Å². The maximum atomic E-state index is 9.91. The van der Waals surface area contributed by atoms with Crippen LogP contribution < -0.4 is 0 Å². The molecule has 0 saturated heterocycles. The molecule has 0 aliphatic heterocycles. The molecule has 96 valence electrons. The van der Waals surface area contributed by atoms with Crippen molar-refractivity contribution in [2.75, 3.05) is 20.7 Å². The Balaban J connectivity index is 3.28. The maximum Gasteiger partial charge on any atom is 0.120 e. The van der Waals surface area contributed by atoms with Crippen molar-refractivity contribution in [1.82, 2.24) is 4.90 Å². The second-order valence-corrected chi connectivity index (χ2v) is 5.52. The molecule has 0 radical (unpaired) electrons. The van der Waals surface area contributed by atoms with E-state index in [-0.39, 0.29) is 12.0 Å². The summed E-state index contributed by atoms with van der Waals surface area (Å²) in [5.74, 6) is 0.327. The van der Waals surface area contributed by atoms with E-state index in [9.17, 15) is 10.2 Å². The first-order valence-corrected chi connectivity index (χ1v) is 5.87. The fourth-order valence-corrected chi connectivity index (χ4v) is 2.08. The van der Waals surface area contributed by atoms with Gasteiger partial charge in [-0.15, -0.1) is 0 Å². The molecule has 0 aliphatic rings. The van der Waals surface area contributed by atoms with Crippen molar-refractivity contribution in [2.24, 2.45) is 0 Å². The first-order chi connectivity index (χ1) is 7.79. The summed E-state index contributed by atoms with van der Waals surface area (Å²) >= 11 is 0. The number of nitrogens with zero attached hydrogens (tertiary/aromatic N) is 1. The van der Waals surface area contributed by atoms with Crippen LogP contribution in [0.3, 0.4) is 0 Å². The molecule has 0 amide bonds. The number of aromatic hydroxyl groups is 1. The highest BCUT2D eigenvalue weighted by molar-refractivity contribution is 5.46. The van der Waals surface area contributed by atoms with Gasteiger partial charge in [0.2, 0.25) is 0 Å². The van der Waals surface area contributed by atoms with E-state index >= 15 is 0 Å². The van der Waals surface area contributed by atoms with Gasteiger partial charge in [0, 0.05) is 17.5 Å². The fraction of sp³-hybridized carbons (Fsp3) is 0.571. The first kappa shape index (κ1) is 14.0. The lowest BCUT2D eigenvalue weighted by Crippen LogP contribution is -2.24. The minimum absolute atomic E-state index is 0.0972. The quantitative estimate of drug-likeness (QED) is 0.842. The number of hydrogen-bond donors (Lipinski definition) is 2. The summed E-state index contributed by atoms with van der Waals surface area (Å²) in [7, 11) is 3.95. The number of rotatable bonds is 4. The van der Waals surface area contributed by atoms with Crippen molar-refractivity contribution in [1.29, 1.82) is 0 Å². The third-order valence-corrected chi connectivity index (χ3v) is 3.17. The summed E-state index contributed by atoms with van der Waals surface area (Å²) in [6.45, 7) is 6.82. The molecule has 0 aromatic heterocycles. The zero-order chi connectivity index (χ0) is 13.2. The van der Waals surface area contributed by atoms with E-state index in [2.05, 4.69) is 0 Å². The molecule has 0 fully saturated rings. The summed E-state index contributed by atoms with van der Waals surface area (Å²) in [5.41, 5.74) is 2.82. The molecule has 0 aliphatic carbocycles. The molecule has 2 N–H and O–H groups in total. The minimum Gasteiger partial charge on any atom is -0.508 e. The molecule has 0 heterocycles. The Morgan fingerprint density at radius 1 is 1.24 bits per heavy atom. The molecule has 0 atom stereocenters. The predicted octanol–water partition coefficient (Wildman–Crippen LogP) is 2.03. The predicted molar refractivity (Wildman–Crippen MR) is 70.3 cm³/mol. The highest BCUT2D eigenvalue weighted by atomic mass is 16.3. The molecule has 1 rings (SSSR count). The Morgan fingerprint density at radius 2 is 1.82 bits per heavy atom. The van der Waals surface area contributed by atoms with Gasteiger partial charge in [0.15, 0.2) is 0 Å². The number of benzene rings is 1. The standard InChI is InChI=1S/C14H23NO2/c1-10-11(8-15(4)5)13(17)7-6-12(10)14(2,3)9-16/h6-7,16-17H,8-9H2,1-5H3. The normalized spacial score (nSPS) is 12.2. The molecule has 0 saturated carbocycles. The molecule has 1 aromatic carbocycles. The second-order valence-electron chi connectivity index (χ2n) is 5.52. The van der Waals surface area contributed by atoms with E-state index in [0.717, 1.165) is 16.7 Å². The van der Waals surface area contributed by atoms with Crippen molar-refractivity contribution in [2.45, 2.75) is 32.7 Å². The van der Waals surface area contributed by atoms with Crippen LogP contribution in [0.1, 0.15) is 30.5 Å². The molecule has 0 bridgehead atoms. The van der Waals surface area contributed by atoms with Gasteiger partial charge in [0.05, 0.1) is 6.61 Å². The topological polar surface area (TPSA) is 43.7 Å². The van der Waals surface area contributed by atoms with Gasteiger partial charge in [0.25, 0.3) is 0 Å². The van der Waals surface area contributed by atoms with E-state index in [0.29, 0.717) is 12.3 Å². The van der Waals surface area contributed by atoms with Crippen molar-refractivity contribution in [3.8, 4) is 5.75 Å². The molecule has 1 aromatic rings. The van der Waals surface area contributed by atoms with E-state index in [1.807, 2.05) is 45.8 Å². The van der Waals surface area contributed by atoms with Crippen molar-refractivity contribution >= 4 is 0 Å². The van der Waals surface area contributed by atoms with Gasteiger partial charge in [-0.3, -0.25) is 0 Å². The van der Waals surface area contributed by atoms with Crippen LogP contribution in [0, 0.1) is 6.92 Å². The zero-order valence-corrected chi connectivity index (χ0v) is 11.4. The van der Waals surface area contributed by atoms with Gasteiger partial charge in [-0.05, 0) is 38.2 Å². The highest BCUT2D eigenvalue weighted by Crippen LogP contribution is 2.32. The number of aliphatic hydroxyl groups is 1. The third kappa shape index (κ3) is 2.99. The largest absolute Gasteiger partial charge is 0.508 e. The number of hydrogen-bond acceptors (Lipinski definition) is 3. The summed E-state index contributed by atoms with van der Waals surface area (Å²) in [6, 6.07) is 3.62. The van der Waals surface area contributed by atoms with Gasteiger partial charge < -0.3 is 15.1 Å². The molecule has 3 nitrogen and oxygen atoms in total. The van der Waals surface area contributed by atoms with E-state index in [4.69, 9.17) is 0 Å². The molecule has 0 spiro atoms. The van der Waals surface area contributed by atoms with Gasteiger partial charge in [-0.25, -0.2) is 0 Å². The third-order valence-electron chi connectivity index (χ3n) is 3.17. The van der Waals surface area contributed by atoms with Crippen LogP contribution in [0.25, 0.3) is 0 Å². The van der Waals surface area contributed by atoms with Crippen LogP contribution in [0.5, 0.6) is 5.75 Å². The lowest BCUT2D eigenvalue weighted by molar-refractivity contribution is 0.217. The number of phenolic OH excluding ortho intramolecular Hbond substituents is 1.